The number of carbonyl (C=O) groups excluding carboxylic acids is 2. The predicted molar refractivity (Wildman–Crippen MR) is 95.6 cm³/mol. The molecule has 0 bridgehead atoms. The number of anilines is 1. The maximum atomic E-state index is 12.0. The van der Waals surface area contributed by atoms with Gasteiger partial charge in [0.15, 0.2) is 0 Å². The van der Waals surface area contributed by atoms with Gasteiger partial charge in [-0.3, -0.25) is 9.59 Å². The standard InChI is InChI=1S/C18H19BrN2O2/c1-12(2)13-7-9-14(10-8-13)18(23)20-11-17(22)21-16-6-4-3-5-15(16)19/h3-10,12H,11H2,1-2H3,(H,20,23)(H,21,22). The Hall–Kier alpha value is -2.14. The summed E-state index contributed by atoms with van der Waals surface area (Å²) in [5.74, 6) is -0.117. The van der Waals surface area contributed by atoms with Crippen molar-refractivity contribution in [3.05, 3.63) is 64.1 Å². The number of hydrogen-bond acceptors (Lipinski definition) is 2. The molecular weight excluding hydrogens is 356 g/mol. The first-order valence-corrected chi connectivity index (χ1v) is 8.19. The summed E-state index contributed by atoms with van der Waals surface area (Å²) in [7, 11) is 0. The molecule has 2 amide bonds. The molecule has 0 saturated carbocycles. The molecule has 23 heavy (non-hydrogen) atoms. The second-order valence-corrected chi connectivity index (χ2v) is 6.34. The SMILES string of the molecule is CC(C)c1ccc(C(=O)NCC(=O)Nc2ccccc2Br)cc1. The van der Waals surface area contributed by atoms with E-state index in [0.29, 0.717) is 17.2 Å². The highest BCUT2D eigenvalue weighted by Gasteiger charge is 2.09. The number of halogens is 1. The minimum atomic E-state index is -0.274. The van der Waals surface area contributed by atoms with Gasteiger partial charge in [0.25, 0.3) is 5.91 Å². The first kappa shape index (κ1) is 17.2. The van der Waals surface area contributed by atoms with Gasteiger partial charge in [-0.1, -0.05) is 38.1 Å². The minimum Gasteiger partial charge on any atom is -0.343 e. The first-order chi connectivity index (χ1) is 11.0. The zero-order chi connectivity index (χ0) is 16.8. The summed E-state index contributed by atoms with van der Waals surface area (Å²) in [6, 6.07) is 14.7. The van der Waals surface area contributed by atoms with Crippen LogP contribution in [0.1, 0.15) is 35.7 Å². The summed E-state index contributed by atoms with van der Waals surface area (Å²) < 4.78 is 0.795. The van der Waals surface area contributed by atoms with E-state index in [1.807, 2.05) is 30.3 Å². The number of amides is 2. The van der Waals surface area contributed by atoms with Gasteiger partial charge in [0.05, 0.1) is 12.2 Å². The summed E-state index contributed by atoms with van der Waals surface area (Å²) >= 11 is 3.36. The Balaban J connectivity index is 1.88. The fourth-order valence-electron chi connectivity index (χ4n) is 2.04. The molecule has 5 heteroatoms. The molecule has 2 aromatic rings. The second-order valence-electron chi connectivity index (χ2n) is 5.49. The highest BCUT2D eigenvalue weighted by molar-refractivity contribution is 9.10. The van der Waals surface area contributed by atoms with Crippen LogP contribution in [-0.2, 0) is 4.79 Å². The molecule has 0 aliphatic rings. The van der Waals surface area contributed by atoms with Crippen molar-refractivity contribution in [2.75, 3.05) is 11.9 Å². The average molecular weight is 375 g/mol. The summed E-state index contributed by atoms with van der Waals surface area (Å²) in [6.45, 7) is 4.12. The topological polar surface area (TPSA) is 58.2 Å². The third-order valence-electron chi connectivity index (χ3n) is 3.40. The van der Waals surface area contributed by atoms with Gasteiger partial charge in [-0.2, -0.15) is 0 Å². The number of para-hydroxylation sites is 1. The van der Waals surface area contributed by atoms with Crippen LogP contribution in [0.4, 0.5) is 5.69 Å². The quantitative estimate of drug-likeness (QED) is 0.832. The van der Waals surface area contributed by atoms with Gasteiger partial charge < -0.3 is 10.6 Å². The lowest BCUT2D eigenvalue weighted by Crippen LogP contribution is -2.32. The molecule has 120 valence electrons. The van der Waals surface area contributed by atoms with Gasteiger partial charge >= 0.3 is 0 Å². The van der Waals surface area contributed by atoms with Gasteiger partial charge in [0.1, 0.15) is 0 Å². The minimum absolute atomic E-state index is 0.0773. The Labute approximate surface area is 144 Å². The molecule has 2 aromatic carbocycles. The molecule has 0 aliphatic heterocycles. The van der Waals surface area contributed by atoms with Crippen LogP contribution in [0.15, 0.2) is 53.0 Å². The average Bonchev–Trinajstić information content (AvgIpc) is 2.55. The van der Waals surface area contributed by atoms with E-state index in [1.54, 1.807) is 18.2 Å². The number of nitrogens with one attached hydrogen (secondary N) is 2. The summed E-state index contributed by atoms with van der Waals surface area (Å²) in [5.41, 5.74) is 2.39. The number of hydrogen-bond donors (Lipinski definition) is 2. The highest BCUT2D eigenvalue weighted by atomic mass is 79.9. The number of carbonyl (C=O) groups is 2. The van der Waals surface area contributed by atoms with Crippen LogP contribution in [0.3, 0.4) is 0 Å². The number of rotatable bonds is 5. The van der Waals surface area contributed by atoms with Crippen molar-refractivity contribution >= 4 is 33.4 Å². The fourth-order valence-corrected chi connectivity index (χ4v) is 2.42. The Kier molecular flexibility index (Phi) is 5.93. The van der Waals surface area contributed by atoms with E-state index >= 15 is 0 Å². The van der Waals surface area contributed by atoms with Crippen molar-refractivity contribution in [2.24, 2.45) is 0 Å². The normalized spacial score (nSPS) is 10.4. The van der Waals surface area contributed by atoms with Crippen LogP contribution >= 0.6 is 15.9 Å². The Morgan fingerprint density at radius 2 is 1.70 bits per heavy atom. The van der Waals surface area contributed by atoms with Gasteiger partial charge in [-0.25, -0.2) is 0 Å². The van der Waals surface area contributed by atoms with Crippen molar-refractivity contribution in [3.63, 3.8) is 0 Å². The predicted octanol–water partition coefficient (Wildman–Crippen LogP) is 3.94. The Morgan fingerprint density at radius 3 is 2.30 bits per heavy atom. The molecule has 4 nitrogen and oxygen atoms in total. The van der Waals surface area contributed by atoms with Crippen LogP contribution in [0.2, 0.25) is 0 Å². The first-order valence-electron chi connectivity index (χ1n) is 7.40. The monoisotopic (exact) mass is 374 g/mol. The molecule has 0 saturated heterocycles. The van der Waals surface area contributed by atoms with E-state index < -0.39 is 0 Å². The molecule has 0 unspecified atom stereocenters. The zero-order valence-electron chi connectivity index (χ0n) is 13.1. The zero-order valence-corrected chi connectivity index (χ0v) is 14.7. The lowest BCUT2D eigenvalue weighted by Gasteiger charge is -2.09. The second kappa shape index (κ2) is 7.92. The molecule has 2 N–H and O–H groups in total. The van der Waals surface area contributed by atoms with Gasteiger partial charge in [-0.05, 0) is 51.7 Å². The summed E-state index contributed by atoms with van der Waals surface area (Å²) in [4.78, 5) is 23.9. The number of benzene rings is 2. The van der Waals surface area contributed by atoms with E-state index in [0.717, 1.165) is 4.47 Å². The van der Waals surface area contributed by atoms with Crippen LogP contribution < -0.4 is 10.6 Å². The van der Waals surface area contributed by atoms with Crippen LogP contribution in [0.25, 0.3) is 0 Å². The molecule has 0 heterocycles. The molecule has 0 aliphatic carbocycles. The van der Waals surface area contributed by atoms with Crippen molar-refractivity contribution < 1.29 is 9.59 Å². The fraction of sp³-hybridized carbons (Fsp3) is 0.222. The van der Waals surface area contributed by atoms with E-state index in [2.05, 4.69) is 40.4 Å². The van der Waals surface area contributed by atoms with Crippen molar-refractivity contribution in [1.29, 1.82) is 0 Å². The van der Waals surface area contributed by atoms with Gasteiger partial charge in [0.2, 0.25) is 5.91 Å². The Morgan fingerprint density at radius 1 is 1.04 bits per heavy atom. The van der Waals surface area contributed by atoms with Crippen molar-refractivity contribution in [3.8, 4) is 0 Å². The maximum absolute atomic E-state index is 12.0. The largest absolute Gasteiger partial charge is 0.343 e. The van der Waals surface area contributed by atoms with Crippen LogP contribution in [0.5, 0.6) is 0 Å². The van der Waals surface area contributed by atoms with Crippen molar-refractivity contribution in [2.45, 2.75) is 19.8 Å². The Bertz CT molecular complexity index is 696. The van der Waals surface area contributed by atoms with Crippen molar-refractivity contribution in [1.82, 2.24) is 5.32 Å². The molecule has 0 spiro atoms. The molecular formula is C18H19BrN2O2. The van der Waals surface area contributed by atoms with E-state index in [4.69, 9.17) is 0 Å². The molecule has 2 rings (SSSR count). The van der Waals surface area contributed by atoms with Crippen LogP contribution in [-0.4, -0.2) is 18.4 Å². The van der Waals surface area contributed by atoms with Gasteiger partial charge in [-0.15, -0.1) is 0 Å². The summed E-state index contributed by atoms with van der Waals surface area (Å²) in [5, 5.41) is 5.36. The lowest BCUT2D eigenvalue weighted by molar-refractivity contribution is -0.115. The molecule has 0 fully saturated rings. The molecule has 0 aromatic heterocycles. The summed E-state index contributed by atoms with van der Waals surface area (Å²) in [6.07, 6.45) is 0. The van der Waals surface area contributed by atoms with E-state index in [1.165, 1.54) is 5.56 Å². The smallest absolute Gasteiger partial charge is 0.251 e. The molecule has 0 atom stereocenters. The van der Waals surface area contributed by atoms with E-state index in [9.17, 15) is 9.59 Å². The third-order valence-corrected chi connectivity index (χ3v) is 4.09. The lowest BCUT2D eigenvalue weighted by atomic mass is 10.0. The maximum Gasteiger partial charge on any atom is 0.251 e. The molecule has 0 radical (unpaired) electrons. The van der Waals surface area contributed by atoms with E-state index in [-0.39, 0.29) is 18.4 Å². The third kappa shape index (κ3) is 4.93. The highest BCUT2D eigenvalue weighted by Crippen LogP contribution is 2.20. The van der Waals surface area contributed by atoms with Crippen LogP contribution in [0, 0.1) is 0 Å². The van der Waals surface area contributed by atoms with Gasteiger partial charge in [0, 0.05) is 10.0 Å².